The molecule has 1 N–H and O–H groups in total. The van der Waals surface area contributed by atoms with Gasteiger partial charge >= 0.3 is 5.00 Å². The predicted molar refractivity (Wildman–Crippen MR) is 78.7 cm³/mol. The largest absolute Gasteiger partial charge is 0.344 e. The van der Waals surface area contributed by atoms with Crippen molar-refractivity contribution >= 4 is 28.1 Å². The number of thiazole rings is 1. The fourth-order valence-corrected chi connectivity index (χ4v) is 3.99. The highest BCUT2D eigenvalue weighted by atomic mass is 32.2. The van der Waals surface area contributed by atoms with Gasteiger partial charge in [-0.25, -0.2) is 4.98 Å². The molecule has 2 aromatic heterocycles. The van der Waals surface area contributed by atoms with Gasteiger partial charge in [-0.15, -0.1) is 10.2 Å². The first-order valence-corrected chi connectivity index (χ1v) is 8.16. The zero-order valence-electron chi connectivity index (χ0n) is 11.4. The second kappa shape index (κ2) is 6.08. The molecule has 0 radical (unpaired) electrons. The van der Waals surface area contributed by atoms with E-state index in [1.54, 1.807) is 0 Å². The number of hydrogen-bond donors (Lipinski definition) is 1. The summed E-state index contributed by atoms with van der Waals surface area (Å²) < 4.78 is 2.56. The number of nitrogens with zero attached hydrogens (tertiary/aromatic N) is 5. The van der Waals surface area contributed by atoms with E-state index in [0.29, 0.717) is 15.4 Å². The maximum Gasteiger partial charge on any atom is 0.344 e. The van der Waals surface area contributed by atoms with Crippen LogP contribution in [0.15, 0.2) is 15.7 Å². The van der Waals surface area contributed by atoms with Gasteiger partial charge in [0, 0.05) is 19.5 Å². The molecule has 1 atom stereocenters. The predicted octanol–water partition coefficient (Wildman–Crippen LogP) is 1.80. The number of rotatable bonds is 4. The molecule has 2 aromatic rings. The van der Waals surface area contributed by atoms with E-state index in [1.807, 2.05) is 11.6 Å². The van der Waals surface area contributed by atoms with Gasteiger partial charge in [0.2, 0.25) is 0 Å². The maximum absolute atomic E-state index is 10.7. The summed E-state index contributed by atoms with van der Waals surface area (Å²) in [6.45, 7) is 1.97. The van der Waals surface area contributed by atoms with Crippen molar-refractivity contribution in [2.24, 2.45) is 7.05 Å². The molecule has 21 heavy (non-hydrogen) atoms. The topological polar surface area (TPSA) is 98.8 Å². The average molecular weight is 326 g/mol. The van der Waals surface area contributed by atoms with Crippen molar-refractivity contribution in [2.45, 2.75) is 28.3 Å². The Kier molecular flexibility index (Phi) is 4.17. The van der Waals surface area contributed by atoms with Gasteiger partial charge in [-0.3, -0.25) is 10.1 Å². The van der Waals surface area contributed by atoms with Gasteiger partial charge in [-0.2, -0.15) is 0 Å². The van der Waals surface area contributed by atoms with Crippen molar-refractivity contribution in [3.05, 3.63) is 22.1 Å². The lowest BCUT2D eigenvalue weighted by atomic mass is 9.99. The molecule has 0 bridgehead atoms. The van der Waals surface area contributed by atoms with Crippen LogP contribution in [0.1, 0.15) is 24.6 Å². The molecule has 1 unspecified atom stereocenters. The first-order valence-electron chi connectivity index (χ1n) is 6.53. The second-order valence-electron chi connectivity index (χ2n) is 4.77. The fourth-order valence-electron chi connectivity index (χ4n) is 2.30. The van der Waals surface area contributed by atoms with Crippen molar-refractivity contribution in [2.75, 3.05) is 13.1 Å². The van der Waals surface area contributed by atoms with Gasteiger partial charge in [0.15, 0.2) is 9.50 Å². The van der Waals surface area contributed by atoms with Crippen LogP contribution in [0.3, 0.4) is 0 Å². The average Bonchev–Trinajstić information content (AvgIpc) is 3.09. The summed E-state index contributed by atoms with van der Waals surface area (Å²) in [6, 6.07) is 0. The summed E-state index contributed by atoms with van der Waals surface area (Å²) in [4.78, 5) is 14.3. The standard InChI is InChI=1S/C11H14N6O2S2/c1-16-9(7-3-2-4-12-5-7)14-15-10(16)21-11-13-6-8(20-11)17(18)19/h6-7,12H,2-5H2,1H3. The van der Waals surface area contributed by atoms with E-state index in [4.69, 9.17) is 0 Å². The minimum atomic E-state index is -0.433. The highest BCUT2D eigenvalue weighted by Gasteiger charge is 2.22. The van der Waals surface area contributed by atoms with Crippen LogP contribution in [-0.4, -0.2) is 37.8 Å². The minimum Gasteiger partial charge on any atom is -0.316 e. The molecule has 1 aliphatic heterocycles. The summed E-state index contributed by atoms with van der Waals surface area (Å²) in [5, 5.41) is 23.2. The second-order valence-corrected chi connectivity index (χ2v) is 6.99. The van der Waals surface area contributed by atoms with Gasteiger partial charge in [0.05, 0.1) is 4.92 Å². The van der Waals surface area contributed by atoms with Crippen LogP contribution >= 0.6 is 23.1 Å². The van der Waals surface area contributed by atoms with Crippen LogP contribution in [0.4, 0.5) is 5.00 Å². The Labute approximate surface area is 129 Å². The number of hydrogen-bond acceptors (Lipinski definition) is 8. The molecule has 3 heterocycles. The lowest BCUT2D eigenvalue weighted by Gasteiger charge is -2.21. The quantitative estimate of drug-likeness (QED) is 0.675. The van der Waals surface area contributed by atoms with Gasteiger partial charge < -0.3 is 9.88 Å². The fraction of sp³-hybridized carbons (Fsp3) is 0.545. The van der Waals surface area contributed by atoms with E-state index in [1.165, 1.54) is 18.0 Å². The molecule has 3 rings (SSSR count). The zero-order chi connectivity index (χ0) is 14.8. The van der Waals surface area contributed by atoms with Crippen LogP contribution in [0.5, 0.6) is 0 Å². The third kappa shape index (κ3) is 3.06. The third-order valence-corrected chi connectivity index (χ3v) is 5.42. The van der Waals surface area contributed by atoms with Crippen molar-refractivity contribution in [1.82, 2.24) is 25.1 Å². The molecule has 10 heteroatoms. The monoisotopic (exact) mass is 326 g/mol. The van der Waals surface area contributed by atoms with E-state index in [-0.39, 0.29) is 5.00 Å². The Hall–Kier alpha value is -1.52. The molecule has 8 nitrogen and oxygen atoms in total. The lowest BCUT2D eigenvalue weighted by Crippen LogP contribution is -2.29. The molecule has 0 aliphatic carbocycles. The number of aromatic nitrogens is 4. The van der Waals surface area contributed by atoms with Crippen LogP contribution in [-0.2, 0) is 7.05 Å². The minimum absolute atomic E-state index is 0.0383. The van der Waals surface area contributed by atoms with Crippen LogP contribution in [0.25, 0.3) is 0 Å². The van der Waals surface area contributed by atoms with E-state index in [9.17, 15) is 10.1 Å². The van der Waals surface area contributed by atoms with Crippen molar-refractivity contribution < 1.29 is 4.92 Å². The summed E-state index contributed by atoms with van der Waals surface area (Å²) in [5.74, 6) is 1.33. The molecule has 1 aliphatic rings. The molecule has 112 valence electrons. The lowest BCUT2D eigenvalue weighted by molar-refractivity contribution is -0.380. The van der Waals surface area contributed by atoms with Crippen LogP contribution < -0.4 is 5.32 Å². The summed E-state index contributed by atoms with van der Waals surface area (Å²) in [5.41, 5.74) is 0. The Morgan fingerprint density at radius 3 is 3.10 bits per heavy atom. The van der Waals surface area contributed by atoms with E-state index < -0.39 is 4.92 Å². The highest BCUT2D eigenvalue weighted by molar-refractivity contribution is 8.00. The smallest absolute Gasteiger partial charge is 0.316 e. The van der Waals surface area contributed by atoms with Gasteiger partial charge in [-0.1, -0.05) is 0 Å². The van der Waals surface area contributed by atoms with Crippen LogP contribution in [0.2, 0.25) is 0 Å². The Bertz CT molecular complexity index is 649. The molecule has 0 spiro atoms. The van der Waals surface area contributed by atoms with Crippen molar-refractivity contribution in [3.8, 4) is 0 Å². The van der Waals surface area contributed by atoms with Gasteiger partial charge in [0.1, 0.15) is 12.0 Å². The molecule has 1 saturated heterocycles. The Balaban J connectivity index is 1.76. The Morgan fingerprint density at radius 1 is 1.57 bits per heavy atom. The Morgan fingerprint density at radius 2 is 2.43 bits per heavy atom. The molecular formula is C11H14N6O2S2. The van der Waals surface area contributed by atoms with E-state index in [0.717, 1.165) is 43.1 Å². The molecular weight excluding hydrogens is 312 g/mol. The zero-order valence-corrected chi connectivity index (χ0v) is 13.0. The highest BCUT2D eigenvalue weighted by Crippen LogP contribution is 2.34. The molecule has 0 aromatic carbocycles. The van der Waals surface area contributed by atoms with Crippen molar-refractivity contribution in [3.63, 3.8) is 0 Å². The SMILES string of the molecule is Cn1c(Sc2ncc([N+](=O)[O-])s2)nnc1C1CCCNC1. The normalized spacial score (nSPS) is 18.8. The summed E-state index contributed by atoms with van der Waals surface area (Å²) >= 11 is 2.36. The first kappa shape index (κ1) is 14.4. The first-order chi connectivity index (χ1) is 10.1. The number of nitro groups is 1. The van der Waals surface area contributed by atoms with E-state index in [2.05, 4.69) is 20.5 Å². The third-order valence-electron chi connectivity index (χ3n) is 3.36. The van der Waals surface area contributed by atoms with Gasteiger partial charge in [0.25, 0.3) is 0 Å². The molecule has 0 saturated carbocycles. The van der Waals surface area contributed by atoms with Crippen LogP contribution in [0, 0.1) is 10.1 Å². The summed E-state index contributed by atoms with van der Waals surface area (Å²) in [6.07, 6.45) is 3.51. The number of piperidine rings is 1. The summed E-state index contributed by atoms with van der Waals surface area (Å²) in [7, 11) is 1.92. The molecule has 1 fully saturated rings. The molecule has 0 amide bonds. The number of nitrogens with one attached hydrogen (secondary N) is 1. The van der Waals surface area contributed by atoms with Crippen molar-refractivity contribution in [1.29, 1.82) is 0 Å². The van der Waals surface area contributed by atoms with Gasteiger partial charge in [-0.05, 0) is 42.5 Å². The maximum atomic E-state index is 10.7. The van der Waals surface area contributed by atoms with E-state index >= 15 is 0 Å².